The lowest BCUT2D eigenvalue weighted by Crippen LogP contribution is -2.38. The molecular weight excluding hydrogens is 237 g/mol. The highest BCUT2D eigenvalue weighted by molar-refractivity contribution is 5.39. The number of hydrogen-bond acceptors (Lipinski definition) is 1. The lowest BCUT2D eigenvalue weighted by atomic mass is 9.81. The van der Waals surface area contributed by atoms with Crippen LogP contribution in [0.25, 0.3) is 0 Å². The number of nitrogens with two attached hydrogens (primary N) is 1. The Labute approximate surface area is 114 Å². The first-order chi connectivity index (χ1) is 9.11. The molecule has 1 unspecified atom stereocenters. The van der Waals surface area contributed by atoms with Crippen LogP contribution in [0.5, 0.6) is 0 Å². The molecule has 0 heterocycles. The van der Waals surface area contributed by atoms with Gasteiger partial charge < -0.3 is 5.73 Å². The summed E-state index contributed by atoms with van der Waals surface area (Å²) < 4.78 is 14.0. The maximum Gasteiger partial charge on any atom is 0.128 e. The van der Waals surface area contributed by atoms with Crippen molar-refractivity contribution in [3.05, 3.63) is 71.0 Å². The third-order valence-electron chi connectivity index (χ3n) is 3.79. The smallest absolute Gasteiger partial charge is 0.128 e. The average molecular weight is 257 g/mol. The molecule has 0 radical (unpaired) electrons. The average Bonchev–Trinajstić information content (AvgIpc) is 2.47. The molecule has 0 spiro atoms. The lowest BCUT2D eigenvalue weighted by molar-refractivity contribution is 0.479. The zero-order chi connectivity index (χ0) is 13.9. The van der Waals surface area contributed by atoms with Crippen molar-refractivity contribution >= 4 is 0 Å². The summed E-state index contributed by atoms with van der Waals surface area (Å²) in [6.45, 7) is 4.10. The Balaban J connectivity index is 2.50. The van der Waals surface area contributed by atoms with Gasteiger partial charge in [-0.15, -0.1) is 0 Å². The Morgan fingerprint density at radius 1 is 1.00 bits per heavy atom. The van der Waals surface area contributed by atoms with Gasteiger partial charge in [0.2, 0.25) is 0 Å². The first-order valence-corrected chi connectivity index (χ1v) is 6.75. The molecule has 0 aromatic heterocycles. The van der Waals surface area contributed by atoms with Gasteiger partial charge in [-0.05, 0) is 30.0 Å². The van der Waals surface area contributed by atoms with E-state index in [2.05, 4.69) is 19.1 Å². The minimum absolute atomic E-state index is 0.244. The molecule has 2 aromatic carbocycles. The molecule has 100 valence electrons. The number of benzene rings is 2. The molecule has 2 N–H and O–H groups in total. The summed E-state index contributed by atoms with van der Waals surface area (Å²) >= 11 is 0. The highest BCUT2D eigenvalue weighted by Gasteiger charge is 2.30. The molecule has 0 aliphatic carbocycles. The third-order valence-corrected chi connectivity index (χ3v) is 3.79. The van der Waals surface area contributed by atoms with Crippen molar-refractivity contribution < 1.29 is 4.39 Å². The van der Waals surface area contributed by atoms with Gasteiger partial charge in [-0.2, -0.15) is 0 Å². The minimum atomic E-state index is -0.766. The summed E-state index contributed by atoms with van der Waals surface area (Å²) in [5, 5.41) is 0. The van der Waals surface area contributed by atoms with Gasteiger partial charge in [-0.25, -0.2) is 4.39 Å². The Hall–Kier alpha value is -1.67. The van der Waals surface area contributed by atoms with E-state index in [1.54, 1.807) is 12.1 Å². The van der Waals surface area contributed by atoms with Crippen LogP contribution < -0.4 is 5.73 Å². The molecule has 2 rings (SSSR count). The van der Waals surface area contributed by atoms with E-state index in [9.17, 15) is 4.39 Å². The minimum Gasteiger partial charge on any atom is -0.318 e. The van der Waals surface area contributed by atoms with Gasteiger partial charge in [0, 0.05) is 5.56 Å². The molecule has 19 heavy (non-hydrogen) atoms. The van der Waals surface area contributed by atoms with Gasteiger partial charge in [-0.1, -0.05) is 56.3 Å². The lowest BCUT2D eigenvalue weighted by Gasteiger charge is -2.30. The number of rotatable bonds is 4. The highest BCUT2D eigenvalue weighted by atomic mass is 19.1. The summed E-state index contributed by atoms with van der Waals surface area (Å²) in [5.41, 5.74) is 8.50. The molecule has 0 saturated carbocycles. The molecule has 0 bridgehead atoms. The first-order valence-electron chi connectivity index (χ1n) is 6.75. The first kappa shape index (κ1) is 13.8. The largest absolute Gasteiger partial charge is 0.318 e. The summed E-state index contributed by atoms with van der Waals surface area (Å²) in [5.74, 6) is -0.244. The van der Waals surface area contributed by atoms with Crippen molar-refractivity contribution in [2.45, 2.75) is 32.2 Å². The summed E-state index contributed by atoms with van der Waals surface area (Å²) in [6, 6.07) is 14.9. The molecule has 0 aliphatic rings. The van der Waals surface area contributed by atoms with Crippen molar-refractivity contribution in [3.63, 3.8) is 0 Å². The number of aryl methyl sites for hydroxylation is 1. The standard InChI is InChI=1S/C17H20FN/c1-3-13-9-11-14(12-10-13)17(19,4-2)15-7-5-6-8-16(15)18/h5-12H,3-4,19H2,1-2H3. The van der Waals surface area contributed by atoms with Crippen LogP contribution in [0.1, 0.15) is 37.0 Å². The summed E-state index contributed by atoms with van der Waals surface area (Å²) in [4.78, 5) is 0. The van der Waals surface area contributed by atoms with E-state index >= 15 is 0 Å². The van der Waals surface area contributed by atoms with Crippen molar-refractivity contribution in [1.82, 2.24) is 0 Å². The van der Waals surface area contributed by atoms with Gasteiger partial charge in [0.05, 0.1) is 5.54 Å². The van der Waals surface area contributed by atoms with E-state index in [1.165, 1.54) is 11.6 Å². The predicted octanol–water partition coefficient (Wildman–Crippen LogP) is 4.00. The fourth-order valence-corrected chi connectivity index (χ4v) is 2.41. The molecule has 2 heteroatoms. The summed E-state index contributed by atoms with van der Waals surface area (Å²) in [7, 11) is 0. The van der Waals surface area contributed by atoms with Gasteiger partial charge in [0.25, 0.3) is 0 Å². The van der Waals surface area contributed by atoms with Crippen molar-refractivity contribution in [2.24, 2.45) is 5.73 Å². The Kier molecular flexibility index (Phi) is 4.01. The Bertz CT molecular complexity index is 547. The second-order valence-electron chi connectivity index (χ2n) is 4.86. The van der Waals surface area contributed by atoms with Crippen molar-refractivity contribution in [1.29, 1.82) is 0 Å². The monoisotopic (exact) mass is 257 g/mol. The molecule has 0 aliphatic heterocycles. The zero-order valence-electron chi connectivity index (χ0n) is 11.5. The molecule has 0 amide bonds. The van der Waals surface area contributed by atoms with E-state index in [4.69, 9.17) is 5.73 Å². The van der Waals surface area contributed by atoms with E-state index in [-0.39, 0.29) is 5.82 Å². The second kappa shape index (κ2) is 5.54. The van der Waals surface area contributed by atoms with Crippen LogP contribution in [0.2, 0.25) is 0 Å². The quantitative estimate of drug-likeness (QED) is 0.880. The van der Waals surface area contributed by atoms with Gasteiger partial charge >= 0.3 is 0 Å². The van der Waals surface area contributed by atoms with Crippen molar-refractivity contribution in [2.75, 3.05) is 0 Å². The highest BCUT2D eigenvalue weighted by Crippen LogP contribution is 2.32. The van der Waals surface area contributed by atoms with Crippen LogP contribution in [0.3, 0.4) is 0 Å². The van der Waals surface area contributed by atoms with Crippen LogP contribution >= 0.6 is 0 Å². The van der Waals surface area contributed by atoms with E-state index in [0.29, 0.717) is 12.0 Å². The van der Waals surface area contributed by atoms with Crippen LogP contribution in [0.4, 0.5) is 4.39 Å². The molecule has 2 aromatic rings. The zero-order valence-corrected chi connectivity index (χ0v) is 11.5. The molecule has 1 nitrogen and oxygen atoms in total. The molecule has 0 saturated heterocycles. The SMILES string of the molecule is CCc1ccc(C(N)(CC)c2ccccc2F)cc1. The van der Waals surface area contributed by atoms with E-state index in [0.717, 1.165) is 12.0 Å². The topological polar surface area (TPSA) is 26.0 Å². The molecular formula is C17H20FN. The Morgan fingerprint density at radius 3 is 2.16 bits per heavy atom. The van der Waals surface area contributed by atoms with E-state index < -0.39 is 5.54 Å². The van der Waals surface area contributed by atoms with Crippen LogP contribution in [-0.2, 0) is 12.0 Å². The van der Waals surface area contributed by atoms with Crippen LogP contribution in [0, 0.1) is 5.82 Å². The summed E-state index contributed by atoms with van der Waals surface area (Å²) in [6.07, 6.45) is 1.64. The number of hydrogen-bond donors (Lipinski definition) is 1. The molecule has 1 atom stereocenters. The maximum atomic E-state index is 14.0. The second-order valence-corrected chi connectivity index (χ2v) is 4.86. The van der Waals surface area contributed by atoms with Gasteiger partial charge in [0.1, 0.15) is 5.82 Å². The van der Waals surface area contributed by atoms with Gasteiger partial charge in [0.15, 0.2) is 0 Å². The fourth-order valence-electron chi connectivity index (χ4n) is 2.41. The fraction of sp³-hybridized carbons (Fsp3) is 0.294. The maximum absolute atomic E-state index is 14.0. The van der Waals surface area contributed by atoms with Gasteiger partial charge in [-0.3, -0.25) is 0 Å². The molecule has 0 fully saturated rings. The third kappa shape index (κ3) is 2.54. The predicted molar refractivity (Wildman–Crippen MR) is 77.5 cm³/mol. The Morgan fingerprint density at radius 2 is 1.63 bits per heavy atom. The van der Waals surface area contributed by atoms with Crippen LogP contribution in [-0.4, -0.2) is 0 Å². The normalized spacial score (nSPS) is 14.1. The van der Waals surface area contributed by atoms with Crippen molar-refractivity contribution in [3.8, 4) is 0 Å². The number of halogens is 1. The van der Waals surface area contributed by atoms with E-state index in [1.807, 2.05) is 25.1 Å². The van der Waals surface area contributed by atoms with Crippen LogP contribution in [0.15, 0.2) is 48.5 Å².